The number of nitrogens with one attached hydrogen (secondary N) is 1. The van der Waals surface area contributed by atoms with Gasteiger partial charge >= 0.3 is 0 Å². The Morgan fingerprint density at radius 2 is 1.91 bits per heavy atom. The number of carbonyl (C=O) groups is 1. The second-order valence-corrected chi connectivity index (χ2v) is 6.93. The van der Waals surface area contributed by atoms with E-state index in [1.807, 2.05) is 55.1 Å². The molecule has 4 heteroatoms. The van der Waals surface area contributed by atoms with Gasteiger partial charge in [-0.15, -0.1) is 11.8 Å². The lowest BCUT2D eigenvalue weighted by Gasteiger charge is -2.25. The van der Waals surface area contributed by atoms with Crippen LogP contribution in [0.2, 0.25) is 0 Å². The van der Waals surface area contributed by atoms with Crippen LogP contribution in [-0.2, 0) is 4.79 Å². The normalized spacial score (nSPS) is 15.4. The quantitative estimate of drug-likeness (QED) is 0.926. The van der Waals surface area contributed by atoms with E-state index in [9.17, 15) is 4.79 Å². The van der Waals surface area contributed by atoms with Gasteiger partial charge in [-0.2, -0.15) is 0 Å². The maximum Gasteiger partial charge on any atom is 0.239 e. The molecule has 1 amide bonds. The number of anilines is 1. The van der Waals surface area contributed by atoms with E-state index >= 15 is 0 Å². The standard InChI is InChI=1S/C19H22N2OS/c1-15(16-8-3-2-4-9-16)20-19(22)14-21-12-7-13-23-18-11-6-5-10-17(18)21/h2-6,8-11,15H,7,12-14H2,1H3,(H,20,22)/t15-/m1/s1. The van der Waals surface area contributed by atoms with Crippen LogP contribution in [-0.4, -0.2) is 24.7 Å². The van der Waals surface area contributed by atoms with E-state index in [1.54, 1.807) is 0 Å². The first kappa shape index (κ1) is 15.9. The zero-order valence-electron chi connectivity index (χ0n) is 13.4. The van der Waals surface area contributed by atoms with Gasteiger partial charge in [0.05, 0.1) is 18.3 Å². The fourth-order valence-corrected chi connectivity index (χ4v) is 3.86. The lowest BCUT2D eigenvalue weighted by molar-refractivity contribution is -0.120. The molecule has 0 aromatic heterocycles. The van der Waals surface area contributed by atoms with Gasteiger partial charge in [0.2, 0.25) is 5.91 Å². The van der Waals surface area contributed by atoms with Crippen molar-refractivity contribution in [3.05, 3.63) is 60.2 Å². The molecule has 1 heterocycles. The van der Waals surface area contributed by atoms with Crippen molar-refractivity contribution in [3.63, 3.8) is 0 Å². The fourth-order valence-electron chi connectivity index (χ4n) is 2.85. The third-order valence-corrected chi connectivity index (χ3v) is 5.20. The van der Waals surface area contributed by atoms with Crippen LogP contribution in [0.15, 0.2) is 59.5 Å². The van der Waals surface area contributed by atoms with Crippen molar-refractivity contribution in [2.75, 3.05) is 23.7 Å². The molecule has 0 saturated carbocycles. The highest BCUT2D eigenvalue weighted by Gasteiger charge is 2.18. The number of rotatable bonds is 4. The third-order valence-electron chi connectivity index (χ3n) is 4.05. The molecule has 120 valence electrons. The highest BCUT2D eigenvalue weighted by molar-refractivity contribution is 7.99. The number of hydrogen-bond donors (Lipinski definition) is 1. The molecule has 1 aliphatic rings. The number of benzene rings is 2. The van der Waals surface area contributed by atoms with Crippen LogP contribution < -0.4 is 10.2 Å². The molecule has 1 aliphatic heterocycles. The number of thioether (sulfide) groups is 1. The topological polar surface area (TPSA) is 32.3 Å². The van der Waals surface area contributed by atoms with Crippen LogP contribution in [0.4, 0.5) is 5.69 Å². The van der Waals surface area contributed by atoms with Gasteiger partial charge in [0.15, 0.2) is 0 Å². The molecule has 0 fully saturated rings. The first-order chi connectivity index (χ1) is 11.2. The van der Waals surface area contributed by atoms with E-state index in [1.165, 1.54) is 10.6 Å². The SMILES string of the molecule is C[C@@H](NC(=O)CN1CCCSc2ccccc21)c1ccccc1. The largest absolute Gasteiger partial charge is 0.361 e. The molecule has 23 heavy (non-hydrogen) atoms. The summed E-state index contributed by atoms with van der Waals surface area (Å²) in [6, 6.07) is 18.5. The van der Waals surface area contributed by atoms with E-state index in [0.717, 1.165) is 24.3 Å². The number of fused-ring (bicyclic) bond motifs is 1. The molecule has 0 saturated heterocycles. The number of carbonyl (C=O) groups excluding carboxylic acids is 1. The van der Waals surface area contributed by atoms with Crippen molar-refractivity contribution >= 4 is 23.4 Å². The summed E-state index contributed by atoms with van der Waals surface area (Å²) in [6.07, 6.45) is 1.10. The molecule has 3 rings (SSSR count). The Morgan fingerprint density at radius 3 is 2.74 bits per heavy atom. The summed E-state index contributed by atoms with van der Waals surface area (Å²) in [5.41, 5.74) is 2.31. The molecule has 2 aromatic rings. The van der Waals surface area contributed by atoms with Gasteiger partial charge < -0.3 is 10.2 Å². The molecular weight excluding hydrogens is 304 g/mol. The van der Waals surface area contributed by atoms with Gasteiger partial charge in [-0.1, -0.05) is 42.5 Å². The Labute approximate surface area is 142 Å². The molecule has 0 unspecified atom stereocenters. The van der Waals surface area contributed by atoms with Crippen molar-refractivity contribution in [1.82, 2.24) is 5.32 Å². The molecule has 1 atom stereocenters. The number of hydrogen-bond acceptors (Lipinski definition) is 3. The highest BCUT2D eigenvalue weighted by Crippen LogP contribution is 2.33. The number of para-hydroxylation sites is 1. The maximum atomic E-state index is 12.5. The monoisotopic (exact) mass is 326 g/mol. The molecule has 0 aliphatic carbocycles. The van der Waals surface area contributed by atoms with Crippen molar-refractivity contribution in [3.8, 4) is 0 Å². The molecule has 3 nitrogen and oxygen atoms in total. The first-order valence-corrected chi connectivity index (χ1v) is 9.03. The summed E-state index contributed by atoms with van der Waals surface area (Å²) in [7, 11) is 0. The Balaban J connectivity index is 1.66. The van der Waals surface area contributed by atoms with Gasteiger partial charge in [0.25, 0.3) is 0 Å². The summed E-state index contributed by atoms with van der Waals surface area (Å²) in [5, 5.41) is 3.11. The average Bonchev–Trinajstić information content (AvgIpc) is 2.78. The number of nitrogens with zero attached hydrogens (tertiary/aromatic N) is 1. The summed E-state index contributed by atoms with van der Waals surface area (Å²) in [5.74, 6) is 1.18. The molecule has 1 N–H and O–H groups in total. The van der Waals surface area contributed by atoms with Crippen LogP contribution in [0.25, 0.3) is 0 Å². The lowest BCUT2D eigenvalue weighted by Crippen LogP contribution is -2.38. The summed E-state index contributed by atoms with van der Waals surface area (Å²) < 4.78 is 0. The smallest absolute Gasteiger partial charge is 0.239 e. The van der Waals surface area contributed by atoms with Gasteiger partial charge in [-0.3, -0.25) is 4.79 Å². The van der Waals surface area contributed by atoms with Crippen LogP contribution in [0.3, 0.4) is 0 Å². The third kappa shape index (κ3) is 4.08. The fraction of sp³-hybridized carbons (Fsp3) is 0.316. The minimum atomic E-state index is 0.0281. The Morgan fingerprint density at radius 1 is 1.17 bits per heavy atom. The second-order valence-electron chi connectivity index (χ2n) is 5.79. The van der Waals surface area contributed by atoms with Gasteiger partial charge in [0.1, 0.15) is 0 Å². The van der Waals surface area contributed by atoms with E-state index in [4.69, 9.17) is 0 Å². The minimum absolute atomic E-state index is 0.0281. The van der Waals surface area contributed by atoms with Crippen molar-refractivity contribution < 1.29 is 4.79 Å². The van der Waals surface area contributed by atoms with Crippen molar-refractivity contribution in [2.24, 2.45) is 0 Å². The maximum absolute atomic E-state index is 12.5. The van der Waals surface area contributed by atoms with E-state index < -0.39 is 0 Å². The van der Waals surface area contributed by atoms with Crippen LogP contribution in [0.5, 0.6) is 0 Å². The molecule has 0 radical (unpaired) electrons. The van der Waals surface area contributed by atoms with Crippen molar-refractivity contribution in [2.45, 2.75) is 24.3 Å². The molecular formula is C19H22N2OS. The van der Waals surface area contributed by atoms with Gasteiger partial charge in [-0.05, 0) is 36.8 Å². The van der Waals surface area contributed by atoms with Crippen LogP contribution in [0.1, 0.15) is 24.9 Å². The van der Waals surface area contributed by atoms with Crippen molar-refractivity contribution in [1.29, 1.82) is 0 Å². The molecule has 0 bridgehead atoms. The zero-order chi connectivity index (χ0) is 16.1. The lowest BCUT2D eigenvalue weighted by atomic mass is 10.1. The second kappa shape index (κ2) is 7.55. The predicted octanol–water partition coefficient (Wildman–Crippen LogP) is 3.87. The predicted molar refractivity (Wildman–Crippen MR) is 97.0 cm³/mol. The van der Waals surface area contributed by atoms with Crippen LogP contribution in [0, 0.1) is 0 Å². The average molecular weight is 326 g/mol. The van der Waals surface area contributed by atoms with E-state index in [0.29, 0.717) is 6.54 Å². The van der Waals surface area contributed by atoms with E-state index in [-0.39, 0.29) is 11.9 Å². The van der Waals surface area contributed by atoms with Gasteiger partial charge in [0, 0.05) is 11.4 Å². The molecule has 2 aromatic carbocycles. The summed E-state index contributed by atoms with van der Waals surface area (Å²) in [4.78, 5) is 15.9. The van der Waals surface area contributed by atoms with E-state index in [2.05, 4.69) is 28.4 Å². The van der Waals surface area contributed by atoms with Gasteiger partial charge in [-0.25, -0.2) is 0 Å². The Hall–Kier alpha value is -1.94. The van der Waals surface area contributed by atoms with Crippen LogP contribution >= 0.6 is 11.8 Å². The number of amides is 1. The highest BCUT2D eigenvalue weighted by atomic mass is 32.2. The minimum Gasteiger partial charge on any atom is -0.361 e. The zero-order valence-corrected chi connectivity index (χ0v) is 14.2. The Bertz CT molecular complexity index is 659. The summed E-state index contributed by atoms with van der Waals surface area (Å²) >= 11 is 1.88. The summed E-state index contributed by atoms with van der Waals surface area (Å²) in [6.45, 7) is 3.37. The first-order valence-electron chi connectivity index (χ1n) is 8.05. The Kier molecular flexibility index (Phi) is 5.23. The molecule has 0 spiro atoms.